The zero-order chi connectivity index (χ0) is 12.2. The molecule has 0 bridgehead atoms. The summed E-state index contributed by atoms with van der Waals surface area (Å²) in [5, 5.41) is 3.20. The second kappa shape index (κ2) is 5.89. The van der Waals surface area contributed by atoms with Crippen molar-refractivity contribution in [3.63, 3.8) is 0 Å². The van der Waals surface area contributed by atoms with Crippen LogP contribution in [0.4, 0.5) is 13.2 Å². The van der Waals surface area contributed by atoms with Crippen molar-refractivity contribution >= 4 is 0 Å². The van der Waals surface area contributed by atoms with E-state index in [-0.39, 0.29) is 12.0 Å². The van der Waals surface area contributed by atoms with Gasteiger partial charge in [-0.15, -0.1) is 0 Å². The van der Waals surface area contributed by atoms with E-state index in [4.69, 9.17) is 0 Å². The highest BCUT2D eigenvalue weighted by atomic mass is 19.4. The molecular formula is C12H22F3N. The van der Waals surface area contributed by atoms with Gasteiger partial charge in [0.05, 0.1) is 5.92 Å². The molecule has 0 aromatic rings. The summed E-state index contributed by atoms with van der Waals surface area (Å²) >= 11 is 0. The average Bonchev–Trinajstić information content (AvgIpc) is 2.24. The molecule has 3 unspecified atom stereocenters. The van der Waals surface area contributed by atoms with E-state index >= 15 is 0 Å². The Morgan fingerprint density at radius 3 is 2.44 bits per heavy atom. The molecule has 1 aliphatic carbocycles. The first kappa shape index (κ1) is 13.8. The minimum Gasteiger partial charge on any atom is -0.314 e. The molecule has 0 spiro atoms. The summed E-state index contributed by atoms with van der Waals surface area (Å²) < 4.78 is 38.5. The lowest BCUT2D eigenvalue weighted by Gasteiger charge is -2.37. The molecule has 1 fully saturated rings. The maximum atomic E-state index is 12.8. The first-order valence-electron chi connectivity index (χ1n) is 6.27. The first-order valence-corrected chi connectivity index (χ1v) is 6.27. The van der Waals surface area contributed by atoms with E-state index in [9.17, 15) is 13.2 Å². The summed E-state index contributed by atoms with van der Waals surface area (Å²) in [6, 6.07) is -0.0214. The largest absolute Gasteiger partial charge is 0.392 e. The Balaban J connectivity index is 2.59. The predicted molar refractivity (Wildman–Crippen MR) is 59.3 cm³/mol. The van der Waals surface area contributed by atoms with Crippen LogP contribution in [0.3, 0.4) is 0 Å². The van der Waals surface area contributed by atoms with E-state index in [0.717, 1.165) is 25.8 Å². The van der Waals surface area contributed by atoms with Gasteiger partial charge < -0.3 is 5.32 Å². The van der Waals surface area contributed by atoms with Gasteiger partial charge in [-0.2, -0.15) is 13.2 Å². The van der Waals surface area contributed by atoms with Gasteiger partial charge in [-0.05, 0) is 38.6 Å². The van der Waals surface area contributed by atoms with Crippen molar-refractivity contribution in [2.24, 2.45) is 11.8 Å². The summed E-state index contributed by atoms with van der Waals surface area (Å²) in [5.41, 5.74) is 0. The average molecular weight is 237 g/mol. The minimum atomic E-state index is -4.02. The van der Waals surface area contributed by atoms with E-state index < -0.39 is 12.1 Å². The Bertz CT molecular complexity index is 203. The molecule has 1 saturated carbocycles. The third kappa shape index (κ3) is 3.65. The van der Waals surface area contributed by atoms with Crippen LogP contribution in [0.15, 0.2) is 0 Å². The smallest absolute Gasteiger partial charge is 0.314 e. The van der Waals surface area contributed by atoms with Gasteiger partial charge in [0.2, 0.25) is 0 Å². The van der Waals surface area contributed by atoms with Crippen LogP contribution >= 0.6 is 0 Å². The molecule has 1 N–H and O–H groups in total. The van der Waals surface area contributed by atoms with Gasteiger partial charge in [-0.25, -0.2) is 0 Å². The van der Waals surface area contributed by atoms with E-state index in [1.165, 1.54) is 0 Å². The second-order valence-corrected chi connectivity index (χ2v) is 4.84. The molecule has 1 nitrogen and oxygen atoms in total. The molecule has 1 aliphatic rings. The third-order valence-corrected chi connectivity index (χ3v) is 3.60. The van der Waals surface area contributed by atoms with E-state index in [1.807, 2.05) is 13.8 Å². The Morgan fingerprint density at radius 1 is 1.25 bits per heavy atom. The van der Waals surface area contributed by atoms with Crippen molar-refractivity contribution in [2.45, 2.75) is 58.2 Å². The zero-order valence-corrected chi connectivity index (χ0v) is 10.1. The van der Waals surface area contributed by atoms with Crippen molar-refractivity contribution in [1.82, 2.24) is 5.32 Å². The van der Waals surface area contributed by atoms with Crippen LogP contribution in [-0.4, -0.2) is 18.8 Å². The number of halogens is 3. The van der Waals surface area contributed by atoms with Crippen molar-refractivity contribution in [3.05, 3.63) is 0 Å². The Kier molecular flexibility index (Phi) is 5.09. The minimum absolute atomic E-state index is 0.0214. The fourth-order valence-corrected chi connectivity index (χ4v) is 2.69. The van der Waals surface area contributed by atoms with E-state index in [2.05, 4.69) is 5.32 Å². The fourth-order valence-electron chi connectivity index (χ4n) is 2.69. The number of alkyl halides is 3. The van der Waals surface area contributed by atoms with Crippen molar-refractivity contribution in [2.75, 3.05) is 6.54 Å². The number of hydrogen-bond donors (Lipinski definition) is 1. The molecule has 3 atom stereocenters. The van der Waals surface area contributed by atoms with E-state index in [1.54, 1.807) is 0 Å². The predicted octanol–water partition coefficient (Wildman–Crippen LogP) is 3.74. The molecule has 0 heterocycles. The molecule has 0 aliphatic heterocycles. The highest BCUT2D eigenvalue weighted by molar-refractivity contribution is 4.86. The van der Waals surface area contributed by atoms with Gasteiger partial charge in [-0.3, -0.25) is 0 Å². The quantitative estimate of drug-likeness (QED) is 0.785. The molecule has 4 heteroatoms. The van der Waals surface area contributed by atoms with Gasteiger partial charge in [0.1, 0.15) is 0 Å². The normalized spacial score (nSPS) is 29.1. The van der Waals surface area contributed by atoms with Crippen molar-refractivity contribution in [3.8, 4) is 0 Å². The molecule has 0 saturated heterocycles. The summed E-state index contributed by atoms with van der Waals surface area (Å²) in [6.07, 6.45) is -0.369. The Morgan fingerprint density at radius 2 is 1.88 bits per heavy atom. The lowest BCUT2D eigenvalue weighted by Crippen LogP contribution is -2.44. The molecule has 1 rings (SSSR count). The number of rotatable bonds is 4. The SMILES string of the molecule is CCCNC(C)C1CCCCC1C(F)(F)F. The molecular weight excluding hydrogens is 215 g/mol. The van der Waals surface area contributed by atoms with Crippen LogP contribution in [0.2, 0.25) is 0 Å². The molecule has 0 aromatic heterocycles. The summed E-state index contributed by atoms with van der Waals surface area (Å²) in [5.74, 6) is -1.33. The van der Waals surface area contributed by atoms with Crippen LogP contribution in [0.25, 0.3) is 0 Å². The molecule has 0 radical (unpaired) electrons. The van der Waals surface area contributed by atoms with Crippen molar-refractivity contribution < 1.29 is 13.2 Å². The molecule has 0 amide bonds. The number of nitrogens with one attached hydrogen (secondary N) is 1. The monoisotopic (exact) mass is 237 g/mol. The maximum absolute atomic E-state index is 12.8. The Hall–Kier alpha value is -0.250. The molecule has 96 valence electrons. The molecule has 16 heavy (non-hydrogen) atoms. The van der Waals surface area contributed by atoms with Gasteiger partial charge in [-0.1, -0.05) is 19.8 Å². The van der Waals surface area contributed by atoms with Crippen LogP contribution in [0, 0.1) is 11.8 Å². The van der Waals surface area contributed by atoms with Gasteiger partial charge >= 0.3 is 6.18 Å². The maximum Gasteiger partial charge on any atom is 0.392 e. The molecule has 0 aromatic carbocycles. The number of hydrogen-bond acceptors (Lipinski definition) is 1. The standard InChI is InChI=1S/C12H22F3N/c1-3-8-16-9(2)10-6-4-5-7-11(10)12(13,14)15/h9-11,16H,3-8H2,1-2H3. The van der Waals surface area contributed by atoms with Gasteiger partial charge in [0.15, 0.2) is 0 Å². The van der Waals surface area contributed by atoms with Gasteiger partial charge in [0, 0.05) is 6.04 Å². The lowest BCUT2D eigenvalue weighted by molar-refractivity contribution is -0.198. The summed E-state index contributed by atoms with van der Waals surface area (Å²) in [4.78, 5) is 0. The lowest BCUT2D eigenvalue weighted by atomic mass is 9.75. The highest BCUT2D eigenvalue weighted by Crippen LogP contribution is 2.42. The summed E-state index contributed by atoms with van der Waals surface area (Å²) in [7, 11) is 0. The Labute approximate surface area is 95.8 Å². The van der Waals surface area contributed by atoms with Crippen molar-refractivity contribution in [1.29, 1.82) is 0 Å². The van der Waals surface area contributed by atoms with Crippen LogP contribution in [-0.2, 0) is 0 Å². The zero-order valence-electron chi connectivity index (χ0n) is 10.1. The summed E-state index contributed by atoms with van der Waals surface area (Å²) in [6.45, 7) is 4.73. The third-order valence-electron chi connectivity index (χ3n) is 3.60. The van der Waals surface area contributed by atoms with Crippen LogP contribution in [0.1, 0.15) is 46.0 Å². The second-order valence-electron chi connectivity index (χ2n) is 4.84. The van der Waals surface area contributed by atoms with Gasteiger partial charge in [0.25, 0.3) is 0 Å². The topological polar surface area (TPSA) is 12.0 Å². The van der Waals surface area contributed by atoms with Crippen LogP contribution in [0.5, 0.6) is 0 Å². The van der Waals surface area contributed by atoms with E-state index in [0.29, 0.717) is 12.8 Å². The highest BCUT2D eigenvalue weighted by Gasteiger charge is 2.46. The fraction of sp³-hybridized carbons (Fsp3) is 1.00. The van der Waals surface area contributed by atoms with Crippen LogP contribution < -0.4 is 5.32 Å². The first-order chi connectivity index (χ1) is 7.46.